The van der Waals surface area contributed by atoms with Crippen molar-refractivity contribution in [2.45, 2.75) is 31.4 Å². The second kappa shape index (κ2) is 5.21. The Morgan fingerprint density at radius 1 is 1.40 bits per heavy atom. The van der Waals surface area contributed by atoms with Crippen molar-refractivity contribution in [1.82, 2.24) is 4.98 Å². The minimum Gasteiger partial charge on any atom is -0.400 e. The molecule has 15 heavy (non-hydrogen) atoms. The van der Waals surface area contributed by atoms with Crippen LogP contribution in [0, 0.1) is 0 Å². The number of rotatable bonds is 2. The lowest BCUT2D eigenvalue weighted by Crippen LogP contribution is -2.34. The van der Waals surface area contributed by atoms with E-state index < -0.39 is 5.60 Å². The van der Waals surface area contributed by atoms with Gasteiger partial charge >= 0.3 is 0 Å². The molecule has 1 aliphatic rings. The molecule has 0 amide bonds. The lowest BCUT2D eigenvalue weighted by Gasteiger charge is -2.36. The molecule has 0 spiro atoms. The molecule has 2 rings (SSSR count). The molecule has 1 saturated carbocycles. The van der Waals surface area contributed by atoms with E-state index in [1.54, 1.807) is 0 Å². The second-order valence-corrected chi connectivity index (χ2v) is 3.60. The molecule has 0 bridgehead atoms. The van der Waals surface area contributed by atoms with Gasteiger partial charge in [-0.15, -0.1) is 0 Å². The third-order valence-corrected chi connectivity index (χ3v) is 2.67. The zero-order valence-corrected chi connectivity index (χ0v) is 8.98. The molecule has 1 heterocycles. The van der Waals surface area contributed by atoms with Crippen molar-refractivity contribution in [2.75, 3.05) is 7.11 Å². The van der Waals surface area contributed by atoms with Crippen LogP contribution in [0.2, 0.25) is 0 Å². The summed E-state index contributed by atoms with van der Waals surface area (Å²) in [6, 6.07) is 5.66. The van der Waals surface area contributed by atoms with E-state index in [2.05, 4.69) is 4.98 Å². The Hall–Kier alpha value is -0.970. The maximum absolute atomic E-state index is 10.00. The molecule has 1 aromatic heterocycles. The van der Waals surface area contributed by atoms with E-state index in [4.69, 9.17) is 10.8 Å². The van der Waals surface area contributed by atoms with E-state index in [-0.39, 0.29) is 0 Å². The average molecular weight is 210 g/mol. The summed E-state index contributed by atoms with van der Waals surface area (Å²) in [6.45, 7) is 0.434. The highest BCUT2D eigenvalue weighted by atomic mass is 16.3. The smallest absolute Gasteiger partial charge is 0.106 e. The van der Waals surface area contributed by atoms with Crippen LogP contribution in [0.25, 0.3) is 0 Å². The number of aliphatic hydroxyl groups excluding tert-OH is 1. The molecular formula is C11H18N2O2. The topological polar surface area (TPSA) is 79.4 Å². The van der Waals surface area contributed by atoms with Crippen LogP contribution in [-0.4, -0.2) is 22.3 Å². The van der Waals surface area contributed by atoms with Gasteiger partial charge in [0.05, 0.1) is 11.4 Å². The molecule has 4 N–H and O–H groups in total. The summed E-state index contributed by atoms with van der Waals surface area (Å²) in [7, 11) is 1.00. The minimum atomic E-state index is -0.662. The van der Waals surface area contributed by atoms with E-state index >= 15 is 0 Å². The SMILES string of the molecule is CO.NCc1cccc(C2(O)CCC2)n1. The van der Waals surface area contributed by atoms with Gasteiger partial charge in [0.15, 0.2) is 0 Å². The summed E-state index contributed by atoms with van der Waals surface area (Å²) >= 11 is 0. The van der Waals surface area contributed by atoms with E-state index in [1.807, 2.05) is 18.2 Å². The van der Waals surface area contributed by atoms with Gasteiger partial charge in [0.25, 0.3) is 0 Å². The molecule has 1 aromatic rings. The fourth-order valence-electron chi connectivity index (χ4n) is 1.62. The van der Waals surface area contributed by atoms with Crippen molar-refractivity contribution in [1.29, 1.82) is 0 Å². The predicted molar refractivity (Wildman–Crippen MR) is 58.0 cm³/mol. The number of aromatic nitrogens is 1. The number of pyridine rings is 1. The van der Waals surface area contributed by atoms with Gasteiger partial charge < -0.3 is 15.9 Å². The zero-order chi connectivity index (χ0) is 11.3. The van der Waals surface area contributed by atoms with Gasteiger partial charge in [0, 0.05) is 13.7 Å². The summed E-state index contributed by atoms with van der Waals surface area (Å²) in [5.74, 6) is 0. The van der Waals surface area contributed by atoms with E-state index in [1.165, 1.54) is 0 Å². The van der Waals surface area contributed by atoms with Gasteiger partial charge in [-0.3, -0.25) is 4.98 Å². The van der Waals surface area contributed by atoms with Gasteiger partial charge in [-0.1, -0.05) is 6.07 Å². The Labute approximate surface area is 89.8 Å². The molecule has 0 aromatic carbocycles. The molecule has 4 nitrogen and oxygen atoms in total. The summed E-state index contributed by atoms with van der Waals surface area (Å²) < 4.78 is 0. The number of nitrogens with zero attached hydrogens (tertiary/aromatic N) is 1. The molecular weight excluding hydrogens is 192 g/mol. The molecule has 1 aliphatic carbocycles. The van der Waals surface area contributed by atoms with Crippen LogP contribution in [0.3, 0.4) is 0 Å². The molecule has 0 atom stereocenters. The van der Waals surface area contributed by atoms with E-state index in [9.17, 15) is 5.11 Å². The Morgan fingerprint density at radius 3 is 2.53 bits per heavy atom. The van der Waals surface area contributed by atoms with Crippen molar-refractivity contribution in [3.63, 3.8) is 0 Å². The van der Waals surface area contributed by atoms with Crippen LogP contribution in [0.15, 0.2) is 18.2 Å². The van der Waals surface area contributed by atoms with Crippen molar-refractivity contribution in [2.24, 2.45) is 5.73 Å². The number of nitrogens with two attached hydrogens (primary N) is 1. The zero-order valence-electron chi connectivity index (χ0n) is 8.98. The monoisotopic (exact) mass is 210 g/mol. The molecule has 84 valence electrons. The summed E-state index contributed by atoms with van der Waals surface area (Å²) in [4.78, 5) is 4.31. The number of aliphatic hydroxyl groups is 2. The van der Waals surface area contributed by atoms with Crippen molar-refractivity contribution >= 4 is 0 Å². The van der Waals surface area contributed by atoms with Crippen LogP contribution < -0.4 is 5.73 Å². The molecule has 0 radical (unpaired) electrons. The van der Waals surface area contributed by atoms with Crippen molar-refractivity contribution in [3.8, 4) is 0 Å². The number of hydrogen-bond acceptors (Lipinski definition) is 4. The largest absolute Gasteiger partial charge is 0.400 e. The Morgan fingerprint density at radius 2 is 2.07 bits per heavy atom. The van der Waals surface area contributed by atoms with Crippen LogP contribution in [-0.2, 0) is 12.1 Å². The standard InChI is InChI=1S/C10H14N2O.CH4O/c11-7-8-3-1-4-9(12-8)10(13)5-2-6-10;1-2/h1,3-4,13H,2,5-7,11H2;2H,1H3. The Bertz CT molecular complexity index is 311. The van der Waals surface area contributed by atoms with Gasteiger partial charge in [-0.25, -0.2) is 0 Å². The third-order valence-electron chi connectivity index (χ3n) is 2.67. The summed E-state index contributed by atoms with van der Waals surface area (Å²) in [6.07, 6.45) is 2.74. The fourth-order valence-corrected chi connectivity index (χ4v) is 1.62. The van der Waals surface area contributed by atoms with Gasteiger partial charge in [-0.2, -0.15) is 0 Å². The van der Waals surface area contributed by atoms with Crippen molar-refractivity contribution < 1.29 is 10.2 Å². The van der Waals surface area contributed by atoms with Crippen LogP contribution >= 0.6 is 0 Å². The second-order valence-electron chi connectivity index (χ2n) is 3.60. The highest BCUT2D eigenvalue weighted by Crippen LogP contribution is 2.39. The number of hydrogen-bond donors (Lipinski definition) is 3. The fraction of sp³-hybridized carbons (Fsp3) is 0.545. The lowest BCUT2D eigenvalue weighted by molar-refractivity contribution is -0.0427. The van der Waals surface area contributed by atoms with Crippen LogP contribution in [0.1, 0.15) is 30.7 Å². The van der Waals surface area contributed by atoms with Gasteiger partial charge in [-0.05, 0) is 31.4 Å². The first-order valence-corrected chi connectivity index (χ1v) is 5.08. The molecule has 0 unspecified atom stereocenters. The van der Waals surface area contributed by atoms with Crippen LogP contribution in [0.5, 0.6) is 0 Å². The quantitative estimate of drug-likeness (QED) is 0.665. The minimum absolute atomic E-state index is 0.434. The van der Waals surface area contributed by atoms with Crippen LogP contribution in [0.4, 0.5) is 0 Å². The molecule has 1 fully saturated rings. The maximum Gasteiger partial charge on any atom is 0.106 e. The normalized spacial score (nSPS) is 17.3. The first-order chi connectivity index (χ1) is 7.24. The highest BCUT2D eigenvalue weighted by Gasteiger charge is 2.37. The lowest BCUT2D eigenvalue weighted by atomic mass is 9.77. The molecule has 0 aliphatic heterocycles. The maximum atomic E-state index is 10.00. The summed E-state index contributed by atoms with van der Waals surface area (Å²) in [5.41, 5.74) is 6.44. The third kappa shape index (κ3) is 2.53. The first kappa shape index (κ1) is 12.1. The molecule has 0 saturated heterocycles. The Balaban J connectivity index is 0.000000531. The van der Waals surface area contributed by atoms with Crippen molar-refractivity contribution in [3.05, 3.63) is 29.6 Å². The Kier molecular flexibility index (Phi) is 4.20. The highest BCUT2D eigenvalue weighted by molar-refractivity contribution is 5.19. The van der Waals surface area contributed by atoms with E-state index in [0.29, 0.717) is 6.54 Å². The van der Waals surface area contributed by atoms with E-state index in [0.717, 1.165) is 37.8 Å². The summed E-state index contributed by atoms with van der Waals surface area (Å²) in [5, 5.41) is 17.0. The predicted octanol–water partition coefficient (Wildman–Crippen LogP) is 0.520. The average Bonchev–Trinajstić information content (AvgIpc) is 2.29. The first-order valence-electron chi connectivity index (χ1n) is 5.08. The molecule has 4 heteroatoms. The van der Waals surface area contributed by atoms with Gasteiger partial charge in [0.2, 0.25) is 0 Å². The van der Waals surface area contributed by atoms with Gasteiger partial charge in [0.1, 0.15) is 5.60 Å².